The van der Waals surface area contributed by atoms with Crippen LogP contribution in [-0.2, 0) is 19.8 Å². The molecule has 0 unspecified atom stereocenters. The molecule has 1 heterocycles. The van der Waals surface area contributed by atoms with Crippen molar-refractivity contribution in [2.45, 2.75) is 19.8 Å². The van der Waals surface area contributed by atoms with Crippen molar-refractivity contribution in [1.29, 1.82) is 0 Å². The lowest BCUT2D eigenvalue weighted by molar-refractivity contribution is 0.0949. The summed E-state index contributed by atoms with van der Waals surface area (Å²) in [6, 6.07) is 27.4. The van der Waals surface area contributed by atoms with Gasteiger partial charge in [0.15, 0.2) is 0 Å². The van der Waals surface area contributed by atoms with E-state index in [1.165, 1.54) is 0 Å². The summed E-state index contributed by atoms with van der Waals surface area (Å²) in [5, 5.41) is 2.92. The van der Waals surface area contributed by atoms with Crippen LogP contribution in [0.15, 0.2) is 97.2 Å². The fourth-order valence-corrected chi connectivity index (χ4v) is 3.41. The summed E-state index contributed by atoms with van der Waals surface area (Å²) in [6.45, 7) is 0.941. The third-order valence-corrected chi connectivity index (χ3v) is 5.22. The Balaban J connectivity index is 1.33. The lowest BCUT2D eigenvalue weighted by atomic mass is 10.1. The van der Waals surface area contributed by atoms with Crippen LogP contribution in [0.3, 0.4) is 0 Å². The molecule has 1 aromatic heterocycles. The van der Waals surface area contributed by atoms with Gasteiger partial charge in [-0.1, -0.05) is 54.6 Å². The minimum Gasteiger partial charge on any atom is -0.488 e. The van der Waals surface area contributed by atoms with Crippen molar-refractivity contribution >= 4 is 11.8 Å². The fraction of sp³-hybridized carbons (Fsp3) is 0.107. The number of amides is 2. The van der Waals surface area contributed by atoms with Gasteiger partial charge in [0.25, 0.3) is 11.8 Å². The third kappa shape index (κ3) is 6.68. The second kappa shape index (κ2) is 11.5. The van der Waals surface area contributed by atoms with Gasteiger partial charge >= 0.3 is 0 Å². The molecule has 3 aromatic carbocycles. The van der Waals surface area contributed by atoms with Crippen molar-refractivity contribution in [3.05, 3.63) is 125 Å². The van der Waals surface area contributed by atoms with Crippen molar-refractivity contribution in [3.8, 4) is 11.6 Å². The van der Waals surface area contributed by atoms with Gasteiger partial charge in [0.1, 0.15) is 19.0 Å². The molecule has 7 nitrogen and oxygen atoms in total. The molecule has 4 aromatic rings. The van der Waals surface area contributed by atoms with E-state index in [0.717, 1.165) is 16.7 Å². The van der Waals surface area contributed by atoms with Crippen LogP contribution in [0.1, 0.15) is 37.4 Å². The van der Waals surface area contributed by atoms with E-state index in [4.69, 9.17) is 15.2 Å². The van der Waals surface area contributed by atoms with Gasteiger partial charge in [-0.25, -0.2) is 4.98 Å². The Morgan fingerprint density at radius 1 is 0.771 bits per heavy atom. The van der Waals surface area contributed by atoms with E-state index in [1.807, 2.05) is 48.5 Å². The van der Waals surface area contributed by atoms with Gasteiger partial charge in [-0.15, -0.1) is 0 Å². The number of carbonyl (C=O) groups excluding carboxylic acids is 2. The standard InChI is InChI=1S/C28H25N3O4/c29-27(32)24-11-4-5-12-25(24)34-19-22-9-6-10-23(15-22)28(33)31-17-21-13-14-30-26(16-21)35-18-20-7-2-1-3-8-20/h1-16H,17-19H2,(H2,29,32)(H,31,33). The number of primary amides is 1. The van der Waals surface area contributed by atoms with E-state index in [9.17, 15) is 9.59 Å². The van der Waals surface area contributed by atoms with Crippen LogP contribution in [0.2, 0.25) is 0 Å². The number of rotatable bonds is 10. The number of aromatic nitrogens is 1. The van der Waals surface area contributed by atoms with Gasteiger partial charge < -0.3 is 20.5 Å². The maximum absolute atomic E-state index is 12.7. The van der Waals surface area contributed by atoms with Crippen LogP contribution < -0.4 is 20.5 Å². The monoisotopic (exact) mass is 467 g/mol. The van der Waals surface area contributed by atoms with Crippen LogP contribution in [-0.4, -0.2) is 16.8 Å². The Kier molecular flexibility index (Phi) is 7.70. The molecule has 0 radical (unpaired) electrons. The summed E-state index contributed by atoms with van der Waals surface area (Å²) in [7, 11) is 0. The van der Waals surface area contributed by atoms with Crippen LogP contribution >= 0.6 is 0 Å². The molecule has 7 heteroatoms. The number of carbonyl (C=O) groups is 2. The number of pyridine rings is 1. The molecule has 35 heavy (non-hydrogen) atoms. The molecule has 0 fully saturated rings. The molecular weight excluding hydrogens is 442 g/mol. The number of nitrogens with two attached hydrogens (primary N) is 1. The van der Waals surface area contributed by atoms with E-state index in [0.29, 0.717) is 35.9 Å². The van der Waals surface area contributed by atoms with Gasteiger partial charge in [0.2, 0.25) is 5.88 Å². The number of nitrogens with zero attached hydrogens (tertiary/aromatic N) is 1. The maximum atomic E-state index is 12.7. The van der Waals surface area contributed by atoms with E-state index in [1.54, 1.807) is 48.7 Å². The lowest BCUT2D eigenvalue weighted by Gasteiger charge is -2.11. The van der Waals surface area contributed by atoms with Gasteiger partial charge in [-0.05, 0) is 47.0 Å². The smallest absolute Gasteiger partial charge is 0.252 e. The van der Waals surface area contributed by atoms with Crippen molar-refractivity contribution in [1.82, 2.24) is 10.3 Å². The van der Waals surface area contributed by atoms with Crippen molar-refractivity contribution < 1.29 is 19.1 Å². The van der Waals surface area contributed by atoms with E-state index >= 15 is 0 Å². The topological polar surface area (TPSA) is 104 Å². The molecule has 0 spiro atoms. The summed E-state index contributed by atoms with van der Waals surface area (Å²) < 4.78 is 11.5. The Bertz CT molecular complexity index is 1310. The number of ether oxygens (including phenoxy) is 2. The number of hydrogen-bond acceptors (Lipinski definition) is 5. The predicted octanol–water partition coefficient (Wildman–Crippen LogP) is 4.27. The predicted molar refractivity (Wildman–Crippen MR) is 132 cm³/mol. The normalized spacial score (nSPS) is 10.4. The molecule has 3 N–H and O–H groups in total. The van der Waals surface area contributed by atoms with Crippen LogP contribution in [0.4, 0.5) is 0 Å². The zero-order chi connectivity index (χ0) is 24.5. The average Bonchev–Trinajstić information content (AvgIpc) is 2.90. The molecule has 0 saturated heterocycles. The molecule has 0 saturated carbocycles. The second-order valence-electron chi connectivity index (χ2n) is 7.81. The van der Waals surface area contributed by atoms with Crippen molar-refractivity contribution in [2.75, 3.05) is 0 Å². The average molecular weight is 468 g/mol. The highest BCUT2D eigenvalue weighted by Crippen LogP contribution is 2.19. The van der Waals surface area contributed by atoms with Crippen LogP contribution in [0.5, 0.6) is 11.6 Å². The highest BCUT2D eigenvalue weighted by molar-refractivity contribution is 5.95. The molecule has 2 amide bonds. The van der Waals surface area contributed by atoms with Gasteiger partial charge in [-0.2, -0.15) is 0 Å². The van der Waals surface area contributed by atoms with Gasteiger partial charge in [-0.3, -0.25) is 9.59 Å². The highest BCUT2D eigenvalue weighted by Gasteiger charge is 2.10. The summed E-state index contributed by atoms with van der Waals surface area (Å²) >= 11 is 0. The largest absolute Gasteiger partial charge is 0.488 e. The lowest BCUT2D eigenvalue weighted by Crippen LogP contribution is -2.23. The molecule has 176 valence electrons. The van der Waals surface area contributed by atoms with E-state index in [2.05, 4.69) is 10.3 Å². The zero-order valence-corrected chi connectivity index (χ0v) is 19.0. The molecular formula is C28H25N3O4. The molecule has 4 rings (SSSR count). The quantitative estimate of drug-likeness (QED) is 0.363. The van der Waals surface area contributed by atoms with Crippen molar-refractivity contribution in [3.63, 3.8) is 0 Å². The number of nitrogens with one attached hydrogen (secondary N) is 1. The zero-order valence-electron chi connectivity index (χ0n) is 19.0. The van der Waals surface area contributed by atoms with E-state index in [-0.39, 0.29) is 12.5 Å². The van der Waals surface area contributed by atoms with Crippen molar-refractivity contribution in [2.24, 2.45) is 5.73 Å². The minimum absolute atomic E-state index is 0.192. The first-order valence-electron chi connectivity index (χ1n) is 11.1. The Morgan fingerprint density at radius 2 is 1.51 bits per heavy atom. The summed E-state index contributed by atoms with van der Waals surface area (Å²) in [4.78, 5) is 28.5. The number of benzene rings is 3. The second-order valence-corrected chi connectivity index (χ2v) is 7.81. The summed E-state index contributed by atoms with van der Waals surface area (Å²) in [5.41, 5.74) is 8.93. The van der Waals surface area contributed by atoms with Gasteiger partial charge in [0.05, 0.1) is 5.56 Å². The first-order chi connectivity index (χ1) is 17.1. The van der Waals surface area contributed by atoms with E-state index < -0.39 is 5.91 Å². The highest BCUT2D eigenvalue weighted by atomic mass is 16.5. The number of hydrogen-bond donors (Lipinski definition) is 2. The summed E-state index contributed by atoms with van der Waals surface area (Å²) in [6.07, 6.45) is 1.66. The molecule has 0 atom stereocenters. The fourth-order valence-electron chi connectivity index (χ4n) is 3.41. The van der Waals surface area contributed by atoms with Gasteiger partial charge in [0, 0.05) is 24.4 Å². The Labute approximate surface area is 203 Å². The third-order valence-electron chi connectivity index (χ3n) is 5.22. The SMILES string of the molecule is NC(=O)c1ccccc1OCc1cccc(C(=O)NCc2ccnc(OCc3ccccc3)c2)c1. The molecule has 0 bridgehead atoms. The molecule has 0 aliphatic rings. The first-order valence-corrected chi connectivity index (χ1v) is 11.1. The Morgan fingerprint density at radius 3 is 2.34 bits per heavy atom. The van der Waals surface area contributed by atoms with Crippen LogP contribution in [0, 0.1) is 0 Å². The number of para-hydroxylation sites is 1. The first kappa shape index (κ1) is 23.5. The summed E-state index contributed by atoms with van der Waals surface area (Å²) in [5.74, 6) is 0.125. The van der Waals surface area contributed by atoms with Crippen LogP contribution in [0.25, 0.3) is 0 Å². The Hall–Kier alpha value is -4.65. The minimum atomic E-state index is -0.557. The maximum Gasteiger partial charge on any atom is 0.252 e. The molecule has 0 aliphatic carbocycles. The molecule has 0 aliphatic heterocycles.